The number of nitrogens with one attached hydrogen (secondary N) is 2. The zero-order valence-electron chi connectivity index (χ0n) is 14.3. The van der Waals surface area contributed by atoms with E-state index in [1.54, 1.807) is 0 Å². The highest BCUT2D eigenvalue weighted by Gasteiger charge is 2.32. The largest absolute Gasteiger partial charge is 0.325 e. The standard InChI is InChI=1S/C16H23ClFN3O3S/c1-3-19-10-12-4-6-21(7-5-12)25(23,24)16-8-13(17)15(9-14(16)18)20-11(2)22/h8-9,12,19H,3-7,10H2,1-2H3,(H,20,22). The lowest BCUT2D eigenvalue weighted by Crippen LogP contribution is -2.41. The van der Waals surface area contributed by atoms with Crippen LogP contribution in [0.1, 0.15) is 26.7 Å². The first kappa shape index (κ1) is 20.1. The van der Waals surface area contributed by atoms with E-state index in [0.29, 0.717) is 19.0 Å². The number of halogens is 2. The van der Waals surface area contributed by atoms with Gasteiger partial charge in [0.1, 0.15) is 10.7 Å². The molecule has 2 rings (SSSR count). The lowest BCUT2D eigenvalue weighted by molar-refractivity contribution is -0.114. The van der Waals surface area contributed by atoms with Crippen LogP contribution in [-0.2, 0) is 14.8 Å². The summed E-state index contributed by atoms with van der Waals surface area (Å²) in [5.74, 6) is -0.926. The van der Waals surface area contributed by atoms with Crippen LogP contribution in [0.2, 0.25) is 5.02 Å². The first-order valence-corrected chi connectivity index (χ1v) is 10.0. The van der Waals surface area contributed by atoms with Crippen molar-refractivity contribution in [3.63, 3.8) is 0 Å². The second kappa shape index (κ2) is 8.44. The first-order valence-electron chi connectivity index (χ1n) is 8.23. The van der Waals surface area contributed by atoms with Crippen LogP contribution in [0, 0.1) is 11.7 Å². The Morgan fingerprint density at radius 1 is 1.36 bits per heavy atom. The minimum absolute atomic E-state index is 0.0165. The lowest BCUT2D eigenvalue weighted by Gasteiger charge is -2.31. The zero-order chi connectivity index (χ0) is 18.6. The van der Waals surface area contributed by atoms with E-state index in [2.05, 4.69) is 10.6 Å². The molecule has 1 saturated heterocycles. The van der Waals surface area contributed by atoms with Crippen LogP contribution in [0.4, 0.5) is 10.1 Å². The van der Waals surface area contributed by atoms with Crippen LogP contribution in [0.25, 0.3) is 0 Å². The van der Waals surface area contributed by atoms with Gasteiger partial charge in [-0.05, 0) is 37.9 Å². The molecule has 1 aromatic rings. The number of rotatable bonds is 6. The van der Waals surface area contributed by atoms with Gasteiger partial charge >= 0.3 is 0 Å². The number of hydrogen-bond acceptors (Lipinski definition) is 4. The third-order valence-corrected chi connectivity index (χ3v) is 6.43. The molecule has 1 amide bonds. The molecule has 9 heteroatoms. The summed E-state index contributed by atoms with van der Waals surface area (Å²) in [6, 6.07) is 2.00. The summed E-state index contributed by atoms with van der Waals surface area (Å²) < 4.78 is 41.1. The topological polar surface area (TPSA) is 78.5 Å². The van der Waals surface area contributed by atoms with Gasteiger partial charge in [-0.2, -0.15) is 4.31 Å². The van der Waals surface area contributed by atoms with Crippen molar-refractivity contribution < 1.29 is 17.6 Å². The second-order valence-electron chi connectivity index (χ2n) is 6.10. The normalized spacial score (nSPS) is 16.8. The summed E-state index contributed by atoms with van der Waals surface area (Å²) in [6.07, 6.45) is 1.46. The van der Waals surface area contributed by atoms with Gasteiger partial charge in [-0.3, -0.25) is 4.79 Å². The van der Waals surface area contributed by atoms with Gasteiger partial charge in [0.2, 0.25) is 15.9 Å². The Kier molecular flexibility index (Phi) is 6.79. The maximum absolute atomic E-state index is 14.3. The average Bonchev–Trinajstić information content (AvgIpc) is 2.55. The summed E-state index contributed by atoms with van der Waals surface area (Å²) in [7, 11) is -3.96. The molecular weight excluding hydrogens is 369 g/mol. The van der Waals surface area contributed by atoms with Crippen molar-refractivity contribution in [3.8, 4) is 0 Å². The van der Waals surface area contributed by atoms with E-state index in [9.17, 15) is 17.6 Å². The van der Waals surface area contributed by atoms with E-state index in [-0.39, 0.29) is 10.7 Å². The Morgan fingerprint density at radius 3 is 2.56 bits per heavy atom. The molecule has 1 fully saturated rings. The number of anilines is 1. The highest BCUT2D eigenvalue weighted by Crippen LogP contribution is 2.31. The molecule has 25 heavy (non-hydrogen) atoms. The summed E-state index contributed by atoms with van der Waals surface area (Å²) in [4.78, 5) is 10.6. The monoisotopic (exact) mass is 391 g/mol. The van der Waals surface area contributed by atoms with Crippen LogP contribution in [-0.4, -0.2) is 44.8 Å². The van der Waals surface area contributed by atoms with Crippen molar-refractivity contribution in [2.45, 2.75) is 31.6 Å². The van der Waals surface area contributed by atoms with E-state index in [4.69, 9.17) is 11.6 Å². The molecule has 6 nitrogen and oxygen atoms in total. The summed E-state index contributed by atoms with van der Waals surface area (Å²) >= 11 is 6.00. The number of hydrogen-bond donors (Lipinski definition) is 2. The fraction of sp³-hybridized carbons (Fsp3) is 0.562. The third kappa shape index (κ3) is 4.91. The maximum atomic E-state index is 14.3. The summed E-state index contributed by atoms with van der Waals surface area (Å²) in [5, 5.41) is 5.62. The van der Waals surface area contributed by atoms with E-state index in [1.165, 1.54) is 11.2 Å². The highest BCUT2D eigenvalue weighted by atomic mass is 35.5. The van der Waals surface area contributed by atoms with Gasteiger partial charge in [-0.1, -0.05) is 18.5 Å². The number of nitrogens with zero attached hydrogens (tertiary/aromatic N) is 1. The van der Waals surface area contributed by atoms with Crippen LogP contribution in [0.5, 0.6) is 0 Å². The van der Waals surface area contributed by atoms with Gasteiger partial charge in [0.15, 0.2) is 0 Å². The predicted octanol–water partition coefficient (Wildman–Crippen LogP) is 2.45. The number of amides is 1. The molecule has 0 spiro atoms. The van der Waals surface area contributed by atoms with Crippen LogP contribution in [0.15, 0.2) is 17.0 Å². The van der Waals surface area contributed by atoms with Crippen molar-refractivity contribution in [1.29, 1.82) is 0 Å². The number of carbonyl (C=O) groups is 1. The zero-order valence-corrected chi connectivity index (χ0v) is 15.9. The molecule has 1 aliphatic heterocycles. The maximum Gasteiger partial charge on any atom is 0.246 e. The molecule has 0 saturated carbocycles. The fourth-order valence-electron chi connectivity index (χ4n) is 2.85. The van der Waals surface area contributed by atoms with E-state index < -0.39 is 26.6 Å². The Hall–Kier alpha value is -1.22. The van der Waals surface area contributed by atoms with Crippen molar-refractivity contribution >= 4 is 33.2 Å². The Labute approximate surface area is 152 Å². The van der Waals surface area contributed by atoms with Crippen LogP contribution < -0.4 is 10.6 Å². The van der Waals surface area contributed by atoms with Crippen molar-refractivity contribution in [2.75, 3.05) is 31.5 Å². The van der Waals surface area contributed by atoms with Crippen LogP contribution in [0.3, 0.4) is 0 Å². The molecule has 1 aromatic carbocycles. The molecule has 0 bridgehead atoms. The van der Waals surface area contributed by atoms with Crippen molar-refractivity contribution in [1.82, 2.24) is 9.62 Å². The predicted molar refractivity (Wildman–Crippen MR) is 95.7 cm³/mol. The quantitative estimate of drug-likeness (QED) is 0.780. The average molecular weight is 392 g/mol. The Bertz CT molecular complexity index is 734. The minimum Gasteiger partial charge on any atom is -0.325 e. The first-order chi connectivity index (χ1) is 11.8. The molecule has 0 unspecified atom stereocenters. The van der Waals surface area contributed by atoms with Gasteiger partial charge in [0, 0.05) is 26.1 Å². The van der Waals surface area contributed by atoms with Crippen molar-refractivity contribution in [2.24, 2.45) is 5.92 Å². The molecular formula is C16H23ClFN3O3S. The molecule has 0 aromatic heterocycles. The lowest BCUT2D eigenvalue weighted by atomic mass is 9.98. The smallest absolute Gasteiger partial charge is 0.246 e. The second-order valence-corrected chi connectivity index (χ2v) is 8.41. The van der Waals surface area contributed by atoms with Gasteiger partial charge in [0.05, 0.1) is 10.7 Å². The highest BCUT2D eigenvalue weighted by molar-refractivity contribution is 7.89. The Balaban J connectivity index is 2.17. The van der Waals surface area contributed by atoms with Gasteiger partial charge in [-0.15, -0.1) is 0 Å². The van der Waals surface area contributed by atoms with E-state index in [0.717, 1.165) is 38.1 Å². The minimum atomic E-state index is -3.96. The van der Waals surface area contributed by atoms with E-state index in [1.807, 2.05) is 6.92 Å². The number of piperidine rings is 1. The molecule has 1 aliphatic rings. The molecule has 0 atom stereocenters. The molecule has 140 valence electrons. The SMILES string of the molecule is CCNCC1CCN(S(=O)(=O)c2cc(Cl)c(NC(C)=O)cc2F)CC1. The van der Waals surface area contributed by atoms with Gasteiger partial charge in [-0.25, -0.2) is 12.8 Å². The molecule has 0 aliphatic carbocycles. The van der Waals surface area contributed by atoms with Crippen LogP contribution >= 0.6 is 11.6 Å². The third-order valence-electron chi connectivity index (χ3n) is 4.21. The fourth-order valence-corrected chi connectivity index (χ4v) is 4.67. The summed E-state index contributed by atoms with van der Waals surface area (Å²) in [5.41, 5.74) is 0.0509. The molecule has 1 heterocycles. The number of carbonyl (C=O) groups excluding carboxylic acids is 1. The Morgan fingerprint density at radius 2 is 2.00 bits per heavy atom. The molecule has 0 radical (unpaired) electrons. The number of sulfonamides is 1. The summed E-state index contributed by atoms with van der Waals surface area (Å²) in [6.45, 7) is 5.72. The van der Waals surface area contributed by atoms with Gasteiger partial charge < -0.3 is 10.6 Å². The molecule has 2 N–H and O–H groups in total. The van der Waals surface area contributed by atoms with E-state index >= 15 is 0 Å². The number of benzene rings is 1. The van der Waals surface area contributed by atoms with Crippen molar-refractivity contribution in [3.05, 3.63) is 23.0 Å². The van der Waals surface area contributed by atoms with Gasteiger partial charge in [0.25, 0.3) is 0 Å².